The number of aliphatic hydroxyl groups excluding tert-OH is 1. The molecule has 2 rings (SSSR count). The molecule has 2 heterocycles. The molecule has 0 radical (unpaired) electrons. The molecule has 1 aromatic heterocycles. The lowest BCUT2D eigenvalue weighted by Crippen LogP contribution is -2.47. The van der Waals surface area contributed by atoms with Crippen molar-refractivity contribution in [3.8, 4) is 0 Å². The number of nitrogens with one attached hydrogen (secondary N) is 2. The molecule has 2 unspecified atom stereocenters. The Kier molecular flexibility index (Phi) is 4.70. The van der Waals surface area contributed by atoms with E-state index in [1.165, 1.54) is 0 Å². The number of piperidine rings is 1. The summed E-state index contributed by atoms with van der Waals surface area (Å²) in [5, 5.41) is 9.77. The normalized spacial score (nSPS) is 23.9. The van der Waals surface area contributed by atoms with Gasteiger partial charge in [0.1, 0.15) is 5.82 Å². The maximum absolute atomic E-state index is 11.7. The Morgan fingerprint density at radius 2 is 2.42 bits per heavy atom. The van der Waals surface area contributed by atoms with Crippen molar-refractivity contribution in [1.82, 2.24) is 15.3 Å². The second-order valence-corrected chi connectivity index (χ2v) is 4.96. The fourth-order valence-electron chi connectivity index (χ4n) is 2.07. The highest BCUT2D eigenvalue weighted by Crippen LogP contribution is 2.16. The number of nitrogens with zero attached hydrogens (tertiary/aromatic N) is 2. The molecular formula is C13H20N4O2. The van der Waals surface area contributed by atoms with Crippen LogP contribution in [0.3, 0.4) is 0 Å². The summed E-state index contributed by atoms with van der Waals surface area (Å²) in [6.07, 6.45) is 2.23. The zero-order chi connectivity index (χ0) is 13.7. The van der Waals surface area contributed by atoms with E-state index in [4.69, 9.17) is 0 Å². The lowest BCUT2D eigenvalue weighted by Gasteiger charge is -2.33. The van der Waals surface area contributed by atoms with E-state index >= 15 is 0 Å². The van der Waals surface area contributed by atoms with Gasteiger partial charge in [-0.15, -0.1) is 0 Å². The molecule has 1 fully saturated rings. The van der Waals surface area contributed by atoms with E-state index in [0.29, 0.717) is 18.3 Å². The molecule has 0 spiro atoms. The minimum Gasteiger partial charge on any atom is -0.392 e. The molecule has 2 atom stereocenters. The lowest BCUT2D eigenvalue weighted by molar-refractivity contribution is -0.122. The standard InChI is InChI=1S/C13H20N4O2/c1-10-5-7-17(8-11(10)18)9-13(19)16-15-12-4-2-3-6-14-12/h2-4,6,10-11,18H,5,7-9H2,1H3,(H,14,15)(H,16,19). The number of pyridine rings is 1. The predicted molar refractivity (Wildman–Crippen MR) is 72.2 cm³/mol. The Hall–Kier alpha value is -1.66. The van der Waals surface area contributed by atoms with Gasteiger partial charge in [-0.05, 0) is 31.0 Å². The third-order valence-corrected chi connectivity index (χ3v) is 3.36. The van der Waals surface area contributed by atoms with Crippen LogP contribution in [0.1, 0.15) is 13.3 Å². The molecule has 0 aliphatic carbocycles. The first-order valence-electron chi connectivity index (χ1n) is 6.51. The number of β-amino-alcohol motifs (C(OH)–C–C–N with tert-alkyl or cyclic N) is 1. The van der Waals surface area contributed by atoms with Crippen LogP contribution in [0.15, 0.2) is 24.4 Å². The number of amides is 1. The zero-order valence-corrected chi connectivity index (χ0v) is 11.0. The van der Waals surface area contributed by atoms with Crippen LogP contribution in [0.25, 0.3) is 0 Å². The average molecular weight is 264 g/mol. The highest BCUT2D eigenvalue weighted by Gasteiger charge is 2.25. The molecule has 6 heteroatoms. The molecular weight excluding hydrogens is 244 g/mol. The third-order valence-electron chi connectivity index (χ3n) is 3.36. The van der Waals surface area contributed by atoms with Crippen molar-refractivity contribution in [1.29, 1.82) is 0 Å². The van der Waals surface area contributed by atoms with Crippen molar-refractivity contribution < 1.29 is 9.90 Å². The van der Waals surface area contributed by atoms with Gasteiger partial charge >= 0.3 is 0 Å². The van der Waals surface area contributed by atoms with Crippen molar-refractivity contribution in [2.24, 2.45) is 5.92 Å². The van der Waals surface area contributed by atoms with Gasteiger partial charge in [0.25, 0.3) is 5.91 Å². The van der Waals surface area contributed by atoms with E-state index in [0.717, 1.165) is 13.0 Å². The van der Waals surface area contributed by atoms with Gasteiger partial charge in [0, 0.05) is 12.7 Å². The van der Waals surface area contributed by atoms with Gasteiger partial charge in [-0.25, -0.2) is 4.98 Å². The van der Waals surface area contributed by atoms with E-state index < -0.39 is 0 Å². The molecule has 19 heavy (non-hydrogen) atoms. The Labute approximate surface area is 112 Å². The SMILES string of the molecule is CC1CCN(CC(=O)NNc2ccccn2)CC1O. The number of likely N-dealkylation sites (tertiary alicyclic amines) is 1. The maximum Gasteiger partial charge on any atom is 0.252 e. The van der Waals surface area contributed by atoms with E-state index in [1.807, 2.05) is 24.0 Å². The summed E-state index contributed by atoms with van der Waals surface area (Å²) >= 11 is 0. The topological polar surface area (TPSA) is 77.5 Å². The van der Waals surface area contributed by atoms with E-state index in [2.05, 4.69) is 15.8 Å². The Balaban J connectivity index is 1.73. The fraction of sp³-hybridized carbons (Fsp3) is 0.538. The first kappa shape index (κ1) is 13.8. The molecule has 1 saturated heterocycles. The van der Waals surface area contributed by atoms with Crippen molar-refractivity contribution in [3.63, 3.8) is 0 Å². The van der Waals surface area contributed by atoms with Gasteiger partial charge in [0.15, 0.2) is 0 Å². The Morgan fingerprint density at radius 1 is 1.58 bits per heavy atom. The lowest BCUT2D eigenvalue weighted by atomic mass is 9.96. The summed E-state index contributed by atoms with van der Waals surface area (Å²) in [7, 11) is 0. The molecule has 0 saturated carbocycles. The predicted octanol–water partition coefficient (Wildman–Crippen LogP) is 0.227. The molecule has 1 aliphatic rings. The Bertz CT molecular complexity index is 412. The van der Waals surface area contributed by atoms with Crippen molar-refractivity contribution in [3.05, 3.63) is 24.4 Å². The number of hydrogen-bond acceptors (Lipinski definition) is 5. The number of anilines is 1. The Morgan fingerprint density at radius 3 is 3.11 bits per heavy atom. The van der Waals surface area contributed by atoms with Crippen molar-refractivity contribution in [2.45, 2.75) is 19.4 Å². The number of aromatic nitrogens is 1. The van der Waals surface area contributed by atoms with Crippen LogP contribution in [-0.2, 0) is 4.79 Å². The van der Waals surface area contributed by atoms with Crippen LogP contribution in [0.5, 0.6) is 0 Å². The van der Waals surface area contributed by atoms with E-state index in [9.17, 15) is 9.90 Å². The molecule has 0 bridgehead atoms. The van der Waals surface area contributed by atoms with Crippen LogP contribution in [-0.4, -0.2) is 46.6 Å². The van der Waals surface area contributed by atoms with Gasteiger partial charge in [0.2, 0.25) is 0 Å². The number of aliphatic hydroxyl groups is 1. The van der Waals surface area contributed by atoms with Crippen LogP contribution < -0.4 is 10.9 Å². The van der Waals surface area contributed by atoms with Crippen LogP contribution in [0.4, 0.5) is 5.82 Å². The van der Waals surface area contributed by atoms with Gasteiger partial charge in [0.05, 0.1) is 12.6 Å². The largest absolute Gasteiger partial charge is 0.392 e. The minimum atomic E-state index is -0.342. The van der Waals surface area contributed by atoms with Crippen molar-refractivity contribution in [2.75, 3.05) is 25.1 Å². The first-order valence-corrected chi connectivity index (χ1v) is 6.51. The summed E-state index contributed by atoms with van der Waals surface area (Å²) in [6.45, 7) is 3.71. The van der Waals surface area contributed by atoms with Gasteiger partial charge in [-0.3, -0.25) is 20.5 Å². The van der Waals surface area contributed by atoms with Crippen LogP contribution >= 0.6 is 0 Å². The third kappa shape index (κ3) is 4.18. The van der Waals surface area contributed by atoms with Crippen LogP contribution in [0, 0.1) is 5.92 Å². The molecule has 1 aliphatic heterocycles. The number of carbonyl (C=O) groups excluding carboxylic acids is 1. The van der Waals surface area contributed by atoms with E-state index in [-0.39, 0.29) is 18.6 Å². The number of rotatable bonds is 4. The summed E-state index contributed by atoms with van der Waals surface area (Å²) in [5.41, 5.74) is 5.35. The minimum absolute atomic E-state index is 0.132. The summed E-state index contributed by atoms with van der Waals surface area (Å²) in [4.78, 5) is 17.7. The highest BCUT2D eigenvalue weighted by atomic mass is 16.3. The van der Waals surface area contributed by atoms with Gasteiger partial charge in [-0.2, -0.15) is 0 Å². The molecule has 3 N–H and O–H groups in total. The highest BCUT2D eigenvalue weighted by molar-refractivity contribution is 5.79. The summed E-state index contributed by atoms with van der Waals surface area (Å²) in [5.74, 6) is 0.779. The second kappa shape index (κ2) is 6.49. The average Bonchev–Trinajstić information content (AvgIpc) is 2.42. The van der Waals surface area contributed by atoms with Crippen molar-refractivity contribution >= 4 is 11.7 Å². The quantitative estimate of drug-likeness (QED) is 0.679. The number of carbonyl (C=O) groups is 1. The fourth-order valence-corrected chi connectivity index (χ4v) is 2.07. The molecule has 0 aromatic carbocycles. The first-order chi connectivity index (χ1) is 9.15. The maximum atomic E-state index is 11.7. The van der Waals surface area contributed by atoms with Gasteiger partial charge < -0.3 is 5.11 Å². The van der Waals surface area contributed by atoms with E-state index in [1.54, 1.807) is 12.3 Å². The summed E-state index contributed by atoms with van der Waals surface area (Å²) in [6, 6.07) is 5.42. The molecule has 104 valence electrons. The molecule has 1 amide bonds. The summed E-state index contributed by atoms with van der Waals surface area (Å²) < 4.78 is 0. The number of hydrazine groups is 1. The smallest absolute Gasteiger partial charge is 0.252 e. The van der Waals surface area contributed by atoms with Gasteiger partial charge in [-0.1, -0.05) is 13.0 Å². The zero-order valence-electron chi connectivity index (χ0n) is 11.0. The monoisotopic (exact) mass is 264 g/mol. The molecule has 1 aromatic rings. The number of hydrogen-bond donors (Lipinski definition) is 3. The molecule has 6 nitrogen and oxygen atoms in total. The van der Waals surface area contributed by atoms with Crippen LogP contribution in [0.2, 0.25) is 0 Å². The second-order valence-electron chi connectivity index (χ2n) is 4.96.